The lowest BCUT2D eigenvalue weighted by atomic mass is 10.2. The average molecular weight is 232 g/mol. The van der Waals surface area contributed by atoms with E-state index in [-0.39, 0.29) is 6.03 Å². The summed E-state index contributed by atoms with van der Waals surface area (Å²) in [6, 6.07) is 9.81. The molecule has 4 nitrogen and oxygen atoms in total. The molecule has 0 aliphatic heterocycles. The van der Waals surface area contributed by atoms with E-state index in [4.69, 9.17) is 4.42 Å². The van der Waals surface area contributed by atoms with Gasteiger partial charge in [-0.25, -0.2) is 4.79 Å². The summed E-state index contributed by atoms with van der Waals surface area (Å²) >= 11 is 0. The van der Waals surface area contributed by atoms with E-state index in [2.05, 4.69) is 5.32 Å². The zero-order valence-electron chi connectivity index (χ0n) is 10.1. The number of furan rings is 1. The second kappa shape index (κ2) is 4.91. The Morgan fingerprint density at radius 3 is 2.82 bits per heavy atom. The molecule has 4 heteroatoms. The third-order valence-electron chi connectivity index (χ3n) is 2.53. The van der Waals surface area contributed by atoms with Crippen LogP contribution in [0.4, 0.5) is 4.79 Å². The number of nitrogens with one attached hydrogen (secondary N) is 1. The number of nitrogens with zero attached hydrogens (tertiary/aromatic N) is 1. The van der Waals surface area contributed by atoms with Gasteiger partial charge in [-0.1, -0.05) is 18.2 Å². The Bertz CT molecular complexity index is 484. The maximum absolute atomic E-state index is 11.3. The highest BCUT2D eigenvalue weighted by Gasteiger charge is 2.05. The van der Waals surface area contributed by atoms with Crippen LogP contribution in [0, 0.1) is 0 Å². The van der Waals surface area contributed by atoms with Gasteiger partial charge in [0.1, 0.15) is 11.3 Å². The minimum Gasteiger partial charge on any atom is -0.461 e. The van der Waals surface area contributed by atoms with Crippen molar-refractivity contribution in [1.29, 1.82) is 0 Å². The van der Waals surface area contributed by atoms with Crippen LogP contribution < -0.4 is 5.32 Å². The summed E-state index contributed by atoms with van der Waals surface area (Å²) in [5, 5.41) is 3.90. The van der Waals surface area contributed by atoms with Crippen molar-refractivity contribution < 1.29 is 9.21 Å². The number of rotatable bonds is 3. The molecule has 90 valence electrons. The van der Waals surface area contributed by atoms with Gasteiger partial charge in [0.15, 0.2) is 0 Å². The molecule has 0 radical (unpaired) electrons. The molecule has 0 atom stereocenters. The van der Waals surface area contributed by atoms with Gasteiger partial charge in [-0.05, 0) is 12.1 Å². The predicted molar refractivity (Wildman–Crippen MR) is 67.0 cm³/mol. The van der Waals surface area contributed by atoms with Gasteiger partial charge in [-0.15, -0.1) is 0 Å². The molecular formula is C13H16N2O2. The van der Waals surface area contributed by atoms with Crippen LogP contribution in [-0.4, -0.2) is 31.6 Å². The topological polar surface area (TPSA) is 45.5 Å². The molecule has 0 saturated carbocycles. The number of carbonyl (C=O) groups is 1. The summed E-state index contributed by atoms with van der Waals surface area (Å²) in [4.78, 5) is 12.8. The van der Waals surface area contributed by atoms with Gasteiger partial charge < -0.3 is 14.6 Å². The standard InChI is InChI=1S/C13H16N2O2/c1-15(2)13(16)14-8-7-11-9-10-5-3-4-6-12(10)17-11/h3-6,9H,7-8H2,1-2H3,(H,14,16). The van der Waals surface area contributed by atoms with E-state index in [0.29, 0.717) is 13.0 Å². The average Bonchev–Trinajstić information content (AvgIpc) is 2.71. The summed E-state index contributed by atoms with van der Waals surface area (Å²) < 4.78 is 5.65. The van der Waals surface area contributed by atoms with Crippen LogP contribution in [0.5, 0.6) is 0 Å². The van der Waals surface area contributed by atoms with Crippen molar-refractivity contribution >= 4 is 17.0 Å². The highest BCUT2D eigenvalue weighted by Crippen LogP contribution is 2.18. The summed E-state index contributed by atoms with van der Waals surface area (Å²) in [5.74, 6) is 0.894. The Morgan fingerprint density at radius 2 is 2.12 bits per heavy atom. The predicted octanol–water partition coefficient (Wildman–Crippen LogP) is 2.25. The molecule has 0 aliphatic rings. The molecule has 2 rings (SSSR count). The first-order chi connectivity index (χ1) is 8.16. The van der Waals surface area contributed by atoms with Gasteiger partial charge in [0.2, 0.25) is 0 Å². The summed E-state index contributed by atoms with van der Waals surface area (Å²) in [7, 11) is 3.44. The molecule has 2 aromatic rings. The first kappa shape index (κ1) is 11.5. The van der Waals surface area contributed by atoms with Crippen LogP contribution in [0.2, 0.25) is 0 Å². The van der Waals surface area contributed by atoms with Gasteiger partial charge >= 0.3 is 6.03 Å². The van der Waals surface area contributed by atoms with E-state index >= 15 is 0 Å². The molecule has 0 spiro atoms. The van der Waals surface area contributed by atoms with Crippen LogP contribution in [0.25, 0.3) is 11.0 Å². The zero-order chi connectivity index (χ0) is 12.3. The van der Waals surface area contributed by atoms with Gasteiger partial charge in [0, 0.05) is 32.4 Å². The molecule has 2 amide bonds. The van der Waals surface area contributed by atoms with E-state index in [9.17, 15) is 4.79 Å². The fraction of sp³-hybridized carbons (Fsp3) is 0.308. The SMILES string of the molecule is CN(C)C(=O)NCCc1cc2ccccc2o1. The third kappa shape index (κ3) is 2.78. The van der Waals surface area contributed by atoms with Crippen molar-refractivity contribution in [2.75, 3.05) is 20.6 Å². The molecule has 0 unspecified atom stereocenters. The number of hydrogen-bond donors (Lipinski definition) is 1. The maximum atomic E-state index is 11.3. The molecule has 0 fully saturated rings. The van der Waals surface area contributed by atoms with Crippen LogP contribution in [-0.2, 0) is 6.42 Å². The second-order valence-electron chi connectivity index (χ2n) is 4.13. The Labute approximate surface area is 100 Å². The van der Waals surface area contributed by atoms with E-state index in [0.717, 1.165) is 16.7 Å². The summed E-state index contributed by atoms with van der Waals surface area (Å²) in [6.45, 7) is 0.580. The Balaban J connectivity index is 1.93. The van der Waals surface area contributed by atoms with Crippen molar-refractivity contribution in [3.63, 3.8) is 0 Å². The Morgan fingerprint density at radius 1 is 1.35 bits per heavy atom. The van der Waals surface area contributed by atoms with E-state index in [1.807, 2.05) is 30.3 Å². The molecule has 0 aliphatic carbocycles. The number of urea groups is 1. The van der Waals surface area contributed by atoms with Crippen molar-refractivity contribution in [3.8, 4) is 0 Å². The summed E-state index contributed by atoms with van der Waals surface area (Å²) in [5.41, 5.74) is 0.890. The lowest BCUT2D eigenvalue weighted by Gasteiger charge is -2.10. The van der Waals surface area contributed by atoms with Crippen LogP contribution in [0.15, 0.2) is 34.7 Å². The number of hydrogen-bond acceptors (Lipinski definition) is 2. The number of carbonyl (C=O) groups excluding carboxylic acids is 1. The monoisotopic (exact) mass is 232 g/mol. The molecule has 17 heavy (non-hydrogen) atoms. The third-order valence-corrected chi connectivity index (χ3v) is 2.53. The van der Waals surface area contributed by atoms with E-state index in [1.165, 1.54) is 4.90 Å². The molecule has 0 bridgehead atoms. The molecule has 1 N–H and O–H groups in total. The largest absolute Gasteiger partial charge is 0.461 e. The molecule has 0 saturated heterocycles. The molecule has 1 aromatic heterocycles. The van der Waals surface area contributed by atoms with Gasteiger partial charge in [0.25, 0.3) is 0 Å². The van der Waals surface area contributed by atoms with Crippen LogP contribution in [0.1, 0.15) is 5.76 Å². The lowest BCUT2D eigenvalue weighted by Crippen LogP contribution is -2.35. The first-order valence-electron chi connectivity index (χ1n) is 5.59. The highest BCUT2D eigenvalue weighted by atomic mass is 16.3. The molecule has 1 heterocycles. The minimum absolute atomic E-state index is 0.0823. The first-order valence-corrected chi connectivity index (χ1v) is 5.59. The molecular weight excluding hydrogens is 216 g/mol. The fourth-order valence-corrected chi connectivity index (χ4v) is 1.61. The quantitative estimate of drug-likeness (QED) is 0.882. The van der Waals surface area contributed by atoms with Crippen molar-refractivity contribution in [1.82, 2.24) is 10.2 Å². The van der Waals surface area contributed by atoms with E-state index < -0.39 is 0 Å². The van der Waals surface area contributed by atoms with Crippen LogP contribution >= 0.6 is 0 Å². The Kier molecular flexibility index (Phi) is 3.32. The normalized spacial score (nSPS) is 10.5. The van der Waals surface area contributed by atoms with Gasteiger partial charge in [-0.2, -0.15) is 0 Å². The minimum atomic E-state index is -0.0823. The second-order valence-corrected chi connectivity index (χ2v) is 4.13. The smallest absolute Gasteiger partial charge is 0.316 e. The van der Waals surface area contributed by atoms with Crippen molar-refractivity contribution in [2.45, 2.75) is 6.42 Å². The van der Waals surface area contributed by atoms with E-state index in [1.54, 1.807) is 14.1 Å². The number of para-hydroxylation sites is 1. The number of fused-ring (bicyclic) bond motifs is 1. The Hall–Kier alpha value is -1.97. The number of benzene rings is 1. The summed E-state index contributed by atoms with van der Waals surface area (Å²) in [6.07, 6.45) is 0.703. The molecule has 1 aromatic carbocycles. The van der Waals surface area contributed by atoms with Crippen LogP contribution in [0.3, 0.4) is 0 Å². The lowest BCUT2D eigenvalue weighted by molar-refractivity contribution is 0.217. The highest BCUT2D eigenvalue weighted by molar-refractivity contribution is 5.77. The van der Waals surface area contributed by atoms with Gasteiger partial charge in [-0.3, -0.25) is 0 Å². The fourth-order valence-electron chi connectivity index (χ4n) is 1.61. The maximum Gasteiger partial charge on any atom is 0.316 e. The zero-order valence-corrected chi connectivity index (χ0v) is 10.1. The van der Waals surface area contributed by atoms with Crippen molar-refractivity contribution in [2.24, 2.45) is 0 Å². The van der Waals surface area contributed by atoms with Gasteiger partial charge in [0.05, 0.1) is 0 Å². The number of amides is 2. The van der Waals surface area contributed by atoms with Crippen molar-refractivity contribution in [3.05, 3.63) is 36.1 Å².